The first kappa shape index (κ1) is 16.5. The zero-order valence-corrected chi connectivity index (χ0v) is 12.5. The van der Waals surface area contributed by atoms with E-state index in [1.54, 1.807) is 19.1 Å². The van der Waals surface area contributed by atoms with Crippen molar-refractivity contribution in [2.24, 2.45) is 0 Å². The molecule has 0 aliphatic rings. The van der Waals surface area contributed by atoms with Crippen LogP contribution in [0.4, 0.5) is 4.79 Å². The number of rotatable bonds is 8. The van der Waals surface area contributed by atoms with Crippen LogP contribution in [-0.2, 0) is 16.0 Å². The maximum atomic E-state index is 12.2. The van der Waals surface area contributed by atoms with E-state index in [2.05, 4.69) is 5.32 Å². The lowest BCUT2D eigenvalue weighted by molar-refractivity contribution is 0.0903. The van der Waals surface area contributed by atoms with E-state index in [4.69, 9.17) is 9.47 Å². The zero-order valence-electron chi connectivity index (χ0n) is 12.5. The number of carbonyl (C=O) groups excluding carboxylic acids is 1. The van der Waals surface area contributed by atoms with Gasteiger partial charge in [-0.2, -0.15) is 0 Å². The Morgan fingerprint density at radius 3 is 2.55 bits per heavy atom. The lowest BCUT2D eigenvalue weighted by Crippen LogP contribution is -2.47. The van der Waals surface area contributed by atoms with Crippen molar-refractivity contribution in [3.05, 3.63) is 35.9 Å². The van der Waals surface area contributed by atoms with Gasteiger partial charge in [-0.05, 0) is 12.5 Å². The molecule has 5 nitrogen and oxygen atoms in total. The van der Waals surface area contributed by atoms with Gasteiger partial charge in [0, 0.05) is 27.3 Å². The Labute approximate surface area is 120 Å². The number of hydrogen-bond acceptors (Lipinski definition) is 3. The van der Waals surface area contributed by atoms with E-state index in [9.17, 15) is 4.79 Å². The SMILES string of the molecule is COCCN(C(=O)NCc1ccccc1)C(C)COC. The van der Waals surface area contributed by atoms with Crippen LogP contribution in [0.2, 0.25) is 0 Å². The van der Waals surface area contributed by atoms with E-state index in [0.717, 1.165) is 5.56 Å². The Hall–Kier alpha value is -1.59. The van der Waals surface area contributed by atoms with Crippen LogP contribution in [-0.4, -0.2) is 51.0 Å². The van der Waals surface area contributed by atoms with Gasteiger partial charge in [0.25, 0.3) is 0 Å². The molecule has 0 saturated carbocycles. The fourth-order valence-electron chi connectivity index (χ4n) is 1.92. The molecule has 0 fully saturated rings. The van der Waals surface area contributed by atoms with Crippen molar-refractivity contribution < 1.29 is 14.3 Å². The number of nitrogens with zero attached hydrogens (tertiary/aromatic N) is 1. The van der Waals surface area contributed by atoms with Crippen LogP contribution in [0.5, 0.6) is 0 Å². The molecule has 1 unspecified atom stereocenters. The third-order valence-corrected chi connectivity index (χ3v) is 3.02. The molecule has 0 aromatic heterocycles. The van der Waals surface area contributed by atoms with Gasteiger partial charge in [0.2, 0.25) is 0 Å². The number of ether oxygens (including phenoxy) is 2. The molecule has 1 atom stereocenters. The Morgan fingerprint density at radius 1 is 1.25 bits per heavy atom. The van der Waals surface area contributed by atoms with Gasteiger partial charge in [-0.25, -0.2) is 4.79 Å². The maximum Gasteiger partial charge on any atom is 0.318 e. The molecule has 112 valence electrons. The van der Waals surface area contributed by atoms with Crippen LogP contribution in [0, 0.1) is 0 Å². The molecule has 1 aromatic rings. The summed E-state index contributed by atoms with van der Waals surface area (Å²) < 4.78 is 10.2. The fraction of sp³-hybridized carbons (Fsp3) is 0.533. The quantitative estimate of drug-likeness (QED) is 0.791. The lowest BCUT2D eigenvalue weighted by Gasteiger charge is -2.28. The summed E-state index contributed by atoms with van der Waals surface area (Å²) in [5.41, 5.74) is 1.08. The van der Waals surface area contributed by atoms with Gasteiger partial charge in [-0.3, -0.25) is 0 Å². The number of urea groups is 1. The molecule has 0 aliphatic heterocycles. The Bertz CT molecular complexity index is 384. The monoisotopic (exact) mass is 280 g/mol. The molecule has 0 bridgehead atoms. The summed E-state index contributed by atoms with van der Waals surface area (Å²) in [6.07, 6.45) is 0. The second-order valence-electron chi connectivity index (χ2n) is 4.63. The fourth-order valence-corrected chi connectivity index (χ4v) is 1.92. The summed E-state index contributed by atoms with van der Waals surface area (Å²) in [4.78, 5) is 14.0. The Kier molecular flexibility index (Phi) is 7.69. The highest BCUT2D eigenvalue weighted by Gasteiger charge is 2.19. The van der Waals surface area contributed by atoms with Crippen molar-refractivity contribution in [3.8, 4) is 0 Å². The molecule has 0 aliphatic carbocycles. The van der Waals surface area contributed by atoms with Crippen LogP contribution in [0.1, 0.15) is 12.5 Å². The minimum Gasteiger partial charge on any atom is -0.383 e. The number of nitrogens with one attached hydrogen (secondary N) is 1. The molecule has 2 amide bonds. The number of amides is 2. The smallest absolute Gasteiger partial charge is 0.318 e. The highest BCUT2D eigenvalue weighted by Crippen LogP contribution is 2.03. The average molecular weight is 280 g/mol. The van der Waals surface area contributed by atoms with Crippen LogP contribution in [0.15, 0.2) is 30.3 Å². The molecule has 1 aromatic carbocycles. The third-order valence-electron chi connectivity index (χ3n) is 3.02. The number of hydrogen-bond donors (Lipinski definition) is 1. The highest BCUT2D eigenvalue weighted by atomic mass is 16.5. The van der Waals surface area contributed by atoms with Crippen LogP contribution < -0.4 is 5.32 Å². The van der Waals surface area contributed by atoms with Crippen molar-refractivity contribution in [1.82, 2.24) is 10.2 Å². The zero-order chi connectivity index (χ0) is 14.8. The van der Waals surface area contributed by atoms with Crippen LogP contribution in [0.3, 0.4) is 0 Å². The first-order valence-electron chi connectivity index (χ1n) is 6.75. The lowest BCUT2D eigenvalue weighted by atomic mass is 10.2. The second kappa shape index (κ2) is 9.34. The first-order chi connectivity index (χ1) is 9.69. The topological polar surface area (TPSA) is 50.8 Å². The Balaban J connectivity index is 2.53. The Morgan fingerprint density at radius 2 is 1.95 bits per heavy atom. The summed E-state index contributed by atoms with van der Waals surface area (Å²) in [6.45, 7) is 4.03. The number of benzene rings is 1. The predicted octanol–water partition coefficient (Wildman–Crippen LogP) is 1.88. The van der Waals surface area contributed by atoms with Gasteiger partial charge in [0.1, 0.15) is 0 Å². The minimum atomic E-state index is -0.101. The van der Waals surface area contributed by atoms with E-state index < -0.39 is 0 Å². The van der Waals surface area contributed by atoms with E-state index in [0.29, 0.717) is 26.3 Å². The average Bonchev–Trinajstić information content (AvgIpc) is 2.47. The number of methoxy groups -OCH3 is 2. The van der Waals surface area contributed by atoms with E-state index in [1.165, 1.54) is 0 Å². The molecule has 1 rings (SSSR count). The van der Waals surface area contributed by atoms with Crippen LogP contribution in [0.25, 0.3) is 0 Å². The molecular weight excluding hydrogens is 256 g/mol. The van der Waals surface area contributed by atoms with Gasteiger partial charge >= 0.3 is 6.03 Å². The van der Waals surface area contributed by atoms with Gasteiger partial charge in [0.05, 0.1) is 19.3 Å². The predicted molar refractivity (Wildman–Crippen MR) is 78.6 cm³/mol. The molecule has 0 saturated heterocycles. The van der Waals surface area contributed by atoms with Gasteiger partial charge in [-0.15, -0.1) is 0 Å². The molecule has 0 spiro atoms. The molecule has 0 radical (unpaired) electrons. The van der Waals surface area contributed by atoms with Crippen LogP contribution >= 0.6 is 0 Å². The van der Waals surface area contributed by atoms with Crippen molar-refractivity contribution >= 4 is 6.03 Å². The molecule has 5 heteroatoms. The largest absolute Gasteiger partial charge is 0.383 e. The van der Waals surface area contributed by atoms with Crippen molar-refractivity contribution in [2.45, 2.75) is 19.5 Å². The van der Waals surface area contributed by atoms with Crippen molar-refractivity contribution in [1.29, 1.82) is 0 Å². The second-order valence-corrected chi connectivity index (χ2v) is 4.63. The summed E-state index contributed by atoms with van der Waals surface area (Å²) in [7, 11) is 3.26. The summed E-state index contributed by atoms with van der Waals surface area (Å²) in [5.74, 6) is 0. The molecule has 0 heterocycles. The summed E-state index contributed by atoms with van der Waals surface area (Å²) >= 11 is 0. The maximum absolute atomic E-state index is 12.2. The minimum absolute atomic E-state index is 0.00548. The summed E-state index contributed by atoms with van der Waals surface area (Å²) in [6, 6.07) is 9.74. The van der Waals surface area contributed by atoms with E-state index >= 15 is 0 Å². The normalized spacial score (nSPS) is 11.9. The highest BCUT2D eigenvalue weighted by molar-refractivity contribution is 5.74. The van der Waals surface area contributed by atoms with Gasteiger partial charge < -0.3 is 19.7 Å². The standard InChI is InChI=1S/C15H24N2O3/c1-13(12-20-3)17(9-10-19-2)15(18)16-11-14-7-5-4-6-8-14/h4-8,13H,9-12H2,1-3H3,(H,16,18). The van der Waals surface area contributed by atoms with Crippen molar-refractivity contribution in [3.63, 3.8) is 0 Å². The molecule has 20 heavy (non-hydrogen) atoms. The molecular formula is C15H24N2O3. The van der Waals surface area contributed by atoms with E-state index in [1.807, 2.05) is 37.3 Å². The molecule has 1 N–H and O–H groups in total. The first-order valence-corrected chi connectivity index (χ1v) is 6.75. The van der Waals surface area contributed by atoms with Gasteiger partial charge in [0.15, 0.2) is 0 Å². The third kappa shape index (κ3) is 5.59. The van der Waals surface area contributed by atoms with E-state index in [-0.39, 0.29) is 12.1 Å². The number of carbonyl (C=O) groups is 1. The van der Waals surface area contributed by atoms with Crippen molar-refractivity contribution in [2.75, 3.05) is 34.0 Å². The van der Waals surface area contributed by atoms with Gasteiger partial charge in [-0.1, -0.05) is 30.3 Å². The summed E-state index contributed by atoms with van der Waals surface area (Å²) in [5, 5.41) is 2.92.